The molecule has 0 bridgehead atoms. The molecule has 3 amide bonds. The monoisotopic (exact) mass is 360 g/mol. The normalized spacial score (nSPS) is 15.3. The zero-order chi connectivity index (χ0) is 19.1. The highest BCUT2D eigenvalue weighted by Gasteiger charge is 2.29. The van der Waals surface area contributed by atoms with Crippen molar-refractivity contribution in [3.05, 3.63) is 35.9 Å². The molecule has 1 fully saturated rings. The quantitative estimate of drug-likeness (QED) is 0.563. The van der Waals surface area contributed by atoms with Crippen LogP contribution in [0.5, 0.6) is 0 Å². The summed E-state index contributed by atoms with van der Waals surface area (Å²) in [5.41, 5.74) is 0.787. The van der Waals surface area contributed by atoms with E-state index in [0.717, 1.165) is 10.5 Å². The van der Waals surface area contributed by atoms with Crippen molar-refractivity contribution in [3.63, 3.8) is 0 Å². The number of rotatable bonds is 8. The van der Waals surface area contributed by atoms with Gasteiger partial charge in [0.05, 0.1) is 18.6 Å². The van der Waals surface area contributed by atoms with Crippen LogP contribution in [0.1, 0.15) is 51.1 Å². The molecular formula is C19H24N2O5. The number of hydrogen-bond acceptors (Lipinski definition) is 5. The molecule has 0 aromatic heterocycles. The zero-order valence-electron chi connectivity index (χ0n) is 15.1. The molecule has 7 nitrogen and oxygen atoms in total. The van der Waals surface area contributed by atoms with E-state index >= 15 is 0 Å². The molecule has 1 aromatic carbocycles. The number of hydrogen-bond donors (Lipinski definition) is 1. The van der Waals surface area contributed by atoms with Crippen molar-refractivity contribution in [2.45, 2.75) is 51.7 Å². The molecule has 1 aromatic rings. The summed E-state index contributed by atoms with van der Waals surface area (Å²) in [6, 6.07) is 8.61. The van der Waals surface area contributed by atoms with E-state index in [4.69, 9.17) is 4.74 Å². The van der Waals surface area contributed by atoms with Crippen LogP contribution in [0.3, 0.4) is 0 Å². The van der Waals surface area contributed by atoms with Gasteiger partial charge in [-0.05, 0) is 19.4 Å². The van der Waals surface area contributed by atoms with Crippen LogP contribution in [-0.2, 0) is 23.9 Å². The van der Waals surface area contributed by atoms with Gasteiger partial charge in [0.2, 0.25) is 17.7 Å². The summed E-state index contributed by atoms with van der Waals surface area (Å²) >= 11 is 0. The van der Waals surface area contributed by atoms with Crippen molar-refractivity contribution in [2.75, 3.05) is 6.54 Å². The lowest BCUT2D eigenvalue weighted by Crippen LogP contribution is -2.36. The van der Waals surface area contributed by atoms with Crippen molar-refractivity contribution in [1.29, 1.82) is 0 Å². The molecule has 0 unspecified atom stereocenters. The van der Waals surface area contributed by atoms with Gasteiger partial charge in [-0.15, -0.1) is 0 Å². The molecular weight excluding hydrogens is 336 g/mol. The number of imide groups is 1. The molecule has 1 aliphatic heterocycles. The Kier molecular flexibility index (Phi) is 6.89. The van der Waals surface area contributed by atoms with Crippen LogP contribution < -0.4 is 5.32 Å². The number of amides is 3. The molecule has 1 aliphatic rings. The van der Waals surface area contributed by atoms with Crippen molar-refractivity contribution < 1.29 is 23.9 Å². The molecule has 7 heteroatoms. The Morgan fingerprint density at radius 3 is 2.31 bits per heavy atom. The van der Waals surface area contributed by atoms with Crippen molar-refractivity contribution in [2.24, 2.45) is 0 Å². The van der Waals surface area contributed by atoms with E-state index in [1.807, 2.05) is 30.3 Å². The lowest BCUT2D eigenvalue weighted by molar-refractivity contribution is -0.148. The summed E-state index contributed by atoms with van der Waals surface area (Å²) in [7, 11) is 0. The van der Waals surface area contributed by atoms with E-state index in [2.05, 4.69) is 5.32 Å². The third kappa shape index (κ3) is 5.68. The molecule has 1 N–H and O–H groups in total. The average Bonchev–Trinajstić information content (AvgIpc) is 2.90. The molecule has 140 valence electrons. The highest BCUT2D eigenvalue weighted by molar-refractivity contribution is 6.02. The highest BCUT2D eigenvalue weighted by Crippen LogP contribution is 2.18. The fourth-order valence-corrected chi connectivity index (χ4v) is 2.77. The maximum atomic E-state index is 12.3. The van der Waals surface area contributed by atoms with Crippen LogP contribution in [0.25, 0.3) is 0 Å². The van der Waals surface area contributed by atoms with E-state index in [1.54, 1.807) is 13.8 Å². The lowest BCUT2D eigenvalue weighted by atomic mass is 10.0. The molecule has 26 heavy (non-hydrogen) atoms. The molecule has 1 saturated heterocycles. The number of ether oxygens (including phenoxy) is 1. The van der Waals surface area contributed by atoms with E-state index in [-0.39, 0.29) is 56.1 Å². The largest absolute Gasteiger partial charge is 0.463 e. The molecule has 1 heterocycles. The van der Waals surface area contributed by atoms with E-state index in [9.17, 15) is 19.2 Å². The Bertz CT molecular complexity index is 656. The van der Waals surface area contributed by atoms with Crippen LogP contribution in [-0.4, -0.2) is 41.2 Å². The van der Waals surface area contributed by atoms with E-state index < -0.39 is 12.0 Å². The number of nitrogens with one attached hydrogen (secondary N) is 1. The topological polar surface area (TPSA) is 92.8 Å². The predicted molar refractivity (Wildman–Crippen MR) is 93.7 cm³/mol. The van der Waals surface area contributed by atoms with Gasteiger partial charge in [0, 0.05) is 25.8 Å². The van der Waals surface area contributed by atoms with Crippen LogP contribution in [0, 0.1) is 0 Å². The zero-order valence-corrected chi connectivity index (χ0v) is 15.1. The minimum atomic E-state index is -0.528. The van der Waals surface area contributed by atoms with Gasteiger partial charge in [0.25, 0.3) is 0 Å². The Labute approximate surface area is 152 Å². The molecule has 0 saturated carbocycles. The minimum absolute atomic E-state index is 0.0000414. The molecule has 0 aliphatic carbocycles. The summed E-state index contributed by atoms with van der Waals surface area (Å²) in [6.07, 6.45) is 0.180. The third-order valence-corrected chi connectivity index (χ3v) is 3.99. The summed E-state index contributed by atoms with van der Waals surface area (Å²) in [6.45, 7) is 3.58. The van der Waals surface area contributed by atoms with Gasteiger partial charge < -0.3 is 10.1 Å². The number of carbonyl (C=O) groups excluding carboxylic acids is 4. The van der Waals surface area contributed by atoms with Gasteiger partial charge in [-0.25, -0.2) is 0 Å². The summed E-state index contributed by atoms with van der Waals surface area (Å²) < 4.78 is 5.17. The minimum Gasteiger partial charge on any atom is -0.463 e. The average molecular weight is 360 g/mol. The Balaban J connectivity index is 1.96. The fraction of sp³-hybridized carbons (Fsp3) is 0.474. The first kappa shape index (κ1) is 19.6. The number of esters is 1. The predicted octanol–water partition coefficient (Wildman–Crippen LogP) is 1.72. The number of likely N-dealkylation sites (tertiary alicyclic amines) is 1. The number of nitrogens with zero attached hydrogens (tertiary/aromatic N) is 1. The van der Waals surface area contributed by atoms with Crippen LogP contribution >= 0.6 is 0 Å². The van der Waals surface area contributed by atoms with Gasteiger partial charge in [-0.2, -0.15) is 0 Å². The van der Waals surface area contributed by atoms with Crippen molar-refractivity contribution >= 4 is 23.7 Å². The van der Waals surface area contributed by atoms with Crippen molar-refractivity contribution in [3.8, 4) is 0 Å². The summed E-state index contributed by atoms with van der Waals surface area (Å²) in [4.78, 5) is 48.6. The van der Waals surface area contributed by atoms with Gasteiger partial charge in [0.15, 0.2) is 0 Å². The maximum Gasteiger partial charge on any atom is 0.308 e. The Morgan fingerprint density at radius 1 is 1.12 bits per heavy atom. The van der Waals surface area contributed by atoms with Crippen LogP contribution in [0.2, 0.25) is 0 Å². The van der Waals surface area contributed by atoms with Crippen LogP contribution in [0.15, 0.2) is 30.3 Å². The second kappa shape index (κ2) is 9.12. The first-order valence-corrected chi connectivity index (χ1v) is 8.73. The smallest absolute Gasteiger partial charge is 0.308 e. The van der Waals surface area contributed by atoms with E-state index in [1.165, 1.54) is 0 Å². The fourth-order valence-electron chi connectivity index (χ4n) is 2.77. The molecule has 2 rings (SSSR count). The molecule has 0 spiro atoms. The van der Waals surface area contributed by atoms with E-state index in [0.29, 0.717) is 0 Å². The van der Waals surface area contributed by atoms with Gasteiger partial charge in [-0.1, -0.05) is 30.3 Å². The maximum absolute atomic E-state index is 12.3. The van der Waals surface area contributed by atoms with Gasteiger partial charge in [-0.3, -0.25) is 24.1 Å². The third-order valence-electron chi connectivity index (χ3n) is 3.99. The highest BCUT2D eigenvalue weighted by atomic mass is 16.5. The van der Waals surface area contributed by atoms with Gasteiger partial charge >= 0.3 is 5.97 Å². The SMILES string of the molecule is CC(C)OC(=O)C[C@H](NC(=O)CCN1C(=O)CCC1=O)c1ccccc1. The van der Waals surface area contributed by atoms with Crippen molar-refractivity contribution in [1.82, 2.24) is 10.2 Å². The van der Waals surface area contributed by atoms with Gasteiger partial charge in [0.1, 0.15) is 0 Å². The number of carbonyl (C=O) groups is 4. The lowest BCUT2D eigenvalue weighted by Gasteiger charge is -2.20. The second-order valence-corrected chi connectivity index (χ2v) is 6.46. The Hall–Kier alpha value is -2.70. The second-order valence-electron chi connectivity index (χ2n) is 6.46. The molecule has 1 atom stereocenters. The molecule has 0 radical (unpaired) electrons. The first-order valence-electron chi connectivity index (χ1n) is 8.73. The van der Waals surface area contributed by atoms with Crippen LogP contribution in [0.4, 0.5) is 0 Å². The standard InChI is InChI=1S/C19H24N2O5/c1-13(2)26-19(25)12-15(14-6-4-3-5-7-14)20-16(22)10-11-21-17(23)8-9-18(21)24/h3-7,13,15H,8-12H2,1-2H3,(H,20,22)/t15-/m0/s1. The first-order chi connectivity index (χ1) is 12.4. The number of benzene rings is 1. The Morgan fingerprint density at radius 2 is 1.73 bits per heavy atom. The summed E-state index contributed by atoms with van der Waals surface area (Å²) in [5, 5.41) is 2.80. The summed E-state index contributed by atoms with van der Waals surface area (Å²) in [5.74, 6) is -1.23.